The van der Waals surface area contributed by atoms with E-state index in [0.29, 0.717) is 18.7 Å². The van der Waals surface area contributed by atoms with Gasteiger partial charge in [-0.15, -0.1) is 0 Å². The highest BCUT2D eigenvalue weighted by Gasteiger charge is 2.10. The summed E-state index contributed by atoms with van der Waals surface area (Å²) in [6.45, 7) is 8.93. The zero-order valence-electron chi connectivity index (χ0n) is 16.9. The fraction of sp³-hybridized carbons (Fsp3) is 0.348. The Kier molecular flexibility index (Phi) is 6.17. The van der Waals surface area contributed by atoms with E-state index in [1.807, 2.05) is 58.0 Å². The third-order valence-corrected chi connectivity index (χ3v) is 5.04. The Labute approximate surface area is 165 Å². The zero-order chi connectivity index (χ0) is 20.3. The maximum Gasteiger partial charge on any atom is 0.252 e. The van der Waals surface area contributed by atoms with Crippen LogP contribution < -0.4 is 15.6 Å². The zero-order valence-corrected chi connectivity index (χ0v) is 16.9. The number of aliphatic hydroxyl groups excluding tert-OH is 1. The molecule has 148 valence electrons. The number of ether oxygens (including phenoxy) is 1. The molecule has 0 aliphatic rings. The highest BCUT2D eigenvalue weighted by Crippen LogP contribution is 2.22. The number of aromatic amines is 1. The van der Waals surface area contributed by atoms with Crippen LogP contribution in [0.1, 0.15) is 27.8 Å². The number of fused-ring (bicyclic) bond motifs is 1. The van der Waals surface area contributed by atoms with E-state index in [2.05, 4.69) is 16.4 Å². The van der Waals surface area contributed by atoms with Gasteiger partial charge >= 0.3 is 0 Å². The highest BCUT2D eigenvalue weighted by atomic mass is 16.5. The number of aryl methyl sites for hydroxylation is 4. The topological polar surface area (TPSA) is 74.3 Å². The van der Waals surface area contributed by atoms with Gasteiger partial charge in [0.1, 0.15) is 18.5 Å². The Balaban J connectivity index is 1.59. The van der Waals surface area contributed by atoms with Crippen molar-refractivity contribution < 1.29 is 9.84 Å². The number of benzene rings is 2. The van der Waals surface area contributed by atoms with Crippen molar-refractivity contribution >= 4 is 10.9 Å². The Bertz CT molecular complexity index is 1020. The Morgan fingerprint density at radius 3 is 2.43 bits per heavy atom. The lowest BCUT2D eigenvalue weighted by molar-refractivity contribution is 0.105. The molecule has 28 heavy (non-hydrogen) atoms. The van der Waals surface area contributed by atoms with Crippen LogP contribution in [0.15, 0.2) is 41.2 Å². The average Bonchev–Trinajstić information content (AvgIpc) is 2.65. The number of para-hydroxylation sites is 1. The first kappa shape index (κ1) is 20.1. The molecule has 3 N–H and O–H groups in total. The molecule has 0 saturated heterocycles. The van der Waals surface area contributed by atoms with E-state index in [0.717, 1.165) is 38.9 Å². The van der Waals surface area contributed by atoms with E-state index in [9.17, 15) is 9.90 Å². The quantitative estimate of drug-likeness (QED) is 0.588. The number of aromatic nitrogens is 1. The van der Waals surface area contributed by atoms with Crippen molar-refractivity contribution in [3.8, 4) is 5.75 Å². The van der Waals surface area contributed by atoms with E-state index in [-0.39, 0.29) is 12.2 Å². The van der Waals surface area contributed by atoms with Crippen LogP contribution in [-0.4, -0.2) is 29.3 Å². The van der Waals surface area contributed by atoms with Crippen LogP contribution in [0, 0.1) is 27.7 Å². The number of pyridine rings is 1. The molecule has 0 amide bonds. The van der Waals surface area contributed by atoms with Gasteiger partial charge in [-0.2, -0.15) is 0 Å². The predicted octanol–water partition coefficient (Wildman–Crippen LogP) is 3.29. The van der Waals surface area contributed by atoms with Crippen LogP contribution in [-0.2, 0) is 6.54 Å². The van der Waals surface area contributed by atoms with Crippen LogP contribution in [0.4, 0.5) is 0 Å². The molecular formula is C23H28N2O3. The minimum absolute atomic E-state index is 0.102. The molecule has 2 aromatic carbocycles. The minimum Gasteiger partial charge on any atom is -0.490 e. The van der Waals surface area contributed by atoms with Crippen molar-refractivity contribution in [1.82, 2.24) is 10.3 Å². The summed E-state index contributed by atoms with van der Waals surface area (Å²) in [5, 5.41) is 14.4. The molecule has 0 fully saturated rings. The van der Waals surface area contributed by atoms with Gasteiger partial charge in [0.25, 0.3) is 5.56 Å². The van der Waals surface area contributed by atoms with Gasteiger partial charge in [-0.25, -0.2) is 0 Å². The lowest BCUT2D eigenvalue weighted by Gasteiger charge is -2.16. The van der Waals surface area contributed by atoms with Crippen LogP contribution in [0.2, 0.25) is 0 Å². The molecule has 5 nitrogen and oxygen atoms in total. The molecule has 5 heteroatoms. The molecule has 1 aromatic heterocycles. The third kappa shape index (κ3) is 4.43. The van der Waals surface area contributed by atoms with Crippen molar-refractivity contribution in [2.24, 2.45) is 0 Å². The third-order valence-electron chi connectivity index (χ3n) is 5.04. The molecule has 0 aliphatic carbocycles. The largest absolute Gasteiger partial charge is 0.490 e. The van der Waals surface area contributed by atoms with Gasteiger partial charge in [0.05, 0.1) is 5.52 Å². The van der Waals surface area contributed by atoms with Gasteiger partial charge in [0.2, 0.25) is 0 Å². The van der Waals surface area contributed by atoms with Crippen molar-refractivity contribution in [1.29, 1.82) is 0 Å². The predicted molar refractivity (Wildman–Crippen MR) is 113 cm³/mol. The van der Waals surface area contributed by atoms with E-state index >= 15 is 0 Å². The molecule has 1 atom stereocenters. The molecular weight excluding hydrogens is 352 g/mol. The van der Waals surface area contributed by atoms with Crippen molar-refractivity contribution in [2.75, 3.05) is 13.2 Å². The van der Waals surface area contributed by atoms with Gasteiger partial charge in [-0.3, -0.25) is 4.79 Å². The van der Waals surface area contributed by atoms with Gasteiger partial charge in [-0.1, -0.05) is 30.3 Å². The summed E-state index contributed by atoms with van der Waals surface area (Å²) in [4.78, 5) is 15.4. The number of rotatable bonds is 7. The molecule has 0 bridgehead atoms. The van der Waals surface area contributed by atoms with E-state index in [1.54, 1.807) is 0 Å². The Hall–Kier alpha value is -2.63. The molecule has 3 aromatic rings. The van der Waals surface area contributed by atoms with Crippen LogP contribution in [0.25, 0.3) is 10.9 Å². The van der Waals surface area contributed by atoms with Gasteiger partial charge in [-0.05, 0) is 56.0 Å². The summed E-state index contributed by atoms with van der Waals surface area (Å²) >= 11 is 0. The fourth-order valence-corrected chi connectivity index (χ4v) is 3.39. The minimum atomic E-state index is -0.664. The summed E-state index contributed by atoms with van der Waals surface area (Å²) in [5.41, 5.74) is 5.72. The van der Waals surface area contributed by atoms with Gasteiger partial charge in [0, 0.05) is 24.0 Å². The normalized spacial score (nSPS) is 12.3. The number of aliphatic hydroxyl groups is 1. The average molecular weight is 380 g/mol. The Morgan fingerprint density at radius 2 is 1.71 bits per heavy atom. The smallest absolute Gasteiger partial charge is 0.252 e. The molecule has 0 saturated carbocycles. The van der Waals surface area contributed by atoms with Gasteiger partial charge < -0.3 is 20.1 Å². The first-order valence-electron chi connectivity index (χ1n) is 9.56. The lowest BCUT2D eigenvalue weighted by atomic mass is 10.0. The molecule has 1 heterocycles. The summed E-state index contributed by atoms with van der Waals surface area (Å²) in [7, 11) is 0. The van der Waals surface area contributed by atoms with Gasteiger partial charge in [0.15, 0.2) is 0 Å². The molecule has 3 rings (SSSR count). The van der Waals surface area contributed by atoms with Crippen molar-refractivity contribution in [3.63, 3.8) is 0 Å². The van der Waals surface area contributed by atoms with Crippen molar-refractivity contribution in [2.45, 2.75) is 40.3 Å². The maximum absolute atomic E-state index is 12.4. The molecule has 0 radical (unpaired) electrons. The van der Waals surface area contributed by atoms with E-state index < -0.39 is 6.10 Å². The second-order valence-electron chi connectivity index (χ2n) is 7.43. The molecule has 0 spiro atoms. The van der Waals surface area contributed by atoms with E-state index in [1.165, 1.54) is 0 Å². The second kappa shape index (κ2) is 8.59. The first-order chi connectivity index (χ1) is 13.4. The van der Waals surface area contributed by atoms with Crippen LogP contribution in [0.3, 0.4) is 0 Å². The number of nitrogens with one attached hydrogen (secondary N) is 2. The first-order valence-corrected chi connectivity index (χ1v) is 9.56. The Morgan fingerprint density at radius 1 is 1.04 bits per heavy atom. The van der Waals surface area contributed by atoms with Crippen LogP contribution in [0.5, 0.6) is 5.75 Å². The summed E-state index contributed by atoms with van der Waals surface area (Å²) in [6.07, 6.45) is -0.664. The van der Waals surface area contributed by atoms with E-state index in [4.69, 9.17) is 4.74 Å². The number of H-pyrrole nitrogens is 1. The fourth-order valence-electron chi connectivity index (χ4n) is 3.39. The SMILES string of the molecule is Cc1cccc(C)c1OCC(O)CNCc1cc2c(C)ccc(C)c2[nH]c1=O. The lowest BCUT2D eigenvalue weighted by Crippen LogP contribution is -2.32. The highest BCUT2D eigenvalue weighted by molar-refractivity contribution is 5.85. The summed E-state index contributed by atoms with van der Waals surface area (Å²) in [5.74, 6) is 0.818. The molecule has 1 unspecified atom stereocenters. The monoisotopic (exact) mass is 380 g/mol. The molecule has 0 aliphatic heterocycles. The number of hydrogen-bond acceptors (Lipinski definition) is 4. The standard InChI is InChI=1S/C23H28N2O3/c1-14-8-9-15(2)21-20(14)10-18(23(27)25-21)11-24-12-19(26)13-28-22-16(3)6-5-7-17(22)4/h5-10,19,24,26H,11-13H2,1-4H3,(H,25,27). The van der Waals surface area contributed by atoms with Crippen LogP contribution >= 0.6 is 0 Å². The second-order valence-corrected chi connectivity index (χ2v) is 7.43. The summed E-state index contributed by atoms with van der Waals surface area (Å²) < 4.78 is 5.78. The number of hydrogen-bond donors (Lipinski definition) is 3. The maximum atomic E-state index is 12.4. The summed E-state index contributed by atoms with van der Waals surface area (Å²) in [6, 6.07) is 12.0. The van der Waals surface area contributed by atoms with Crippen molar-refractivity contribution in [3.05, 3.63) is 74.6 Å².